The monoisotopic (exact) mass is 390 g/mol. The fourth-order valence-corrected chi connectivity index (χ4v) is 5.09. The van der Waals surface area contributed by atoms with Crippen molar-refractivity contribution in [2.24, 2.45) is 17.3 Å². The van der Waals surface area contributed by atoms with Gasteiger partial charge in [0.2, 0.25) is 5.78 Å². The van der Waals surface area contributed by atoms with E-state index in [1.807, 2.05) is 20.8 Å². The van der Waals surface area contributed by atoms with E-state index in [1.165, 1.54) is 6.08 Å². The van der Waals surface area contributed by atoms with Crippen molar-refractivity contribution < 1.29 is 28.5 Å². The smallest absolute Gasteiger partial charge is 0.318 e. The molecule has 3 aliphatic rings. The Morgan fingerprint density at radius 1 is 1.36 bits per heavy atom. The number of methoxy groups -OCH3 is 1. The van der Waals surface area contributed by atoms with Crippen LogP contribution in [0.25, 0.3) is 0 Å². The lowest BCUT2D eigenvalue weighted by molar-refractivity contribution is -0.278. The topological polar surface area (TPSA) is 71.1 Å². The van der Waals surface area contributed by atoms with Crippen LogP contribution in [0.5, 0.6) is 0 Å². The summed E-state index contributed by atoms with van der Waals surface area (Å²) in [4.78, 5) is 25.6. The predicted molar refractivity (Wildman–Crippen MR) is 103 cm³/mol. The summed E-state index contributed by atoms with van der Waals surface area (Å²) < 4.78 is 23.9. The van der Waals surface area contributed by atoms with Gasteiger partial charge in [0.05, 0.1) is 6.10 Å². The Labute approximate surface area is 166 Å². The lowest BCUT2D eigenvalue weighted by atomic mass is 9.66. The van der Waals surface area contributed by atoms with Crippen molar-refractivity contribution in [3.8, 4) is 0 Å². The number of hydrogen-bond acceptors (Lipinski definition) is 6. The lowest BCUT2D eigenvalue weighted by Gasteiger charge is -2.41. The summed E-state index contributed by atoms with van der Waals surface area (Å²) in [5, 5.41) is 0. The van der Waals surface area contributed by atoms with Gasteiger partial charge in [0.15, 0.2) is 11.4 Å². The Morgan fingerprint density at radius 3 is 2.46 bits per heavy atom. The molecular weight excluding hydrogens is 360 g/mol. The SMILES string of the molecule is C=C[C@H]1OC(=O)[C@@]2(C)[C@@H]1[C@H](C[C@@]1(C)OC(C(=C)C)=CC1=O)O[C@]2(OC)C(C)C. The molecule has 3 heterocycles. The van der Waals surface area contributed by atoms with E-state index in [-0.39, 0.29) is 30.0 Å². The number of cyclic esters (lactones) is 1. The second-order valence-corrected chi connectivity index (χ2v) is 8.71. The molecule has 154 valence electrons. The maximum absolute atomic E-state index is 12.9. The normalized spacial score (nSPS) is 42.2. The van der Waals surface area contributed by atoms with E-state index in [2.05, 4.69) is 13.2 Å². The third-order valence-electron chi connectivity index (χ3n) is 6.56. The molecule has 2 fully saturated rings. The molecule has 3 rings (SSSR count). The number of rotatable bonds is 6. The summed E-state index contributed by atoms with van der Waals surface area (Å²) in [6.45, 7) is 16.9. The number of ketones is 1. The van der Waals surface area contributed by atoms with Crippen LogP contribution in [0.3, 0.4) is 0 Å². The van der Waals surface area contributed by atoms with Gasteiger partial charge in [-0.05, 0) is 26.3 Å². The molecular formula is C22H30O6. The number of allylic oxidation sites excluding steroid dienone is 1. The average Bonchev–Trinajstić information content (AvgIpc) is 3.16. The predicted octanol–water partition coefficient (Wildman–Crippen LogP) is 3.33. The summed E-state index contributed by atoms with van der Waals surface area (Å²) in [5.74, 6) is -1.67. The zero-order valence-electron chi connectivity index (χ0n) is 17.5. The molecule has 6 heteroatoms. The third-order valence-corrected chi connectivity index (χ3v) is 6.56. The van der Waals surface area contributed by atoms with E-state index in [4.69, 9.17) is 18.9 Å². The minimum Gasteiger partial charge on any atom is -0.479 e. The van der Waals surface area contributed by atoms with Gasteiger partial charge in [-0.2, -0.15) is 0 Å². The van der Waals surface area contributed by atoms with Crippen molar-refractivity contribution in [2.45, 2.75) is 64.6 Å². The van der Waals surface area contributed by atoms with Crippen molar-refractivity contribution >= 4 is 11.8 Å². The van der Waals surface area contributed by atoms with Crippen molar-refractivity contribution in [3.63, 3.8) is 0 Å². The van der Waals surface area contributed by atoms with E-state index >= 15 is 0 Å². The second kappa shape index (κ2) is 6.56. The molecule has 0 aromatic carbocycles. The summed E-state index contributed by atoms with van der Waals surface area (Å²) in [5.41, 5.74) is -1.44. The first-order chi connectivity index (χ1) is 13.0. The molecule has 6 nitrogen and oxygen atoms in total. The second-order valence-electron chi connectivity index (χ2n) is 8.71. The number of carbonyl (C=O) groups excluding carboxylic acids is 2. The summed E-state index contributed by atoms with van der Waals surface area (Å²) in [6.07, 6.45) is 2.34. The van der Waals surface area contributed by atoms with Gasteiger partial charge in [-0.25, -0.2) is 0 Å². The first-order valence-corrected chi connectivity index (χ1v) is 9.64. The van der Waals surface area contributed by atoms with Gasteiger partial charge in [-0.1, -0.05) is 33.1 Å². The van der Waals surface area contributed by atoms with Gasteiger partial charge in [-0.3, -0.25) is 9.59 Å². The highest BCUT2D eigenvalue weighted by Crippen LogP contribution is 2.61. The number of hydrogen-bond donors (Lipinski definition) is 0. The van der Waals surface area contributed by atoms with Crippen molar-refractivity contribution in [1.82, 2.24) is 0 Å². The fraction of sp³-hybridized carbons (Fsp3) is 0.636. The maximum atomic E-state index is 12.9. The van der Waals surface area contributed by atoms with Gasteiger partial charge >= 0.3 is 5.97 Å². The molecule has 0 radical (unpaired) electrons. The molecule has 3 aliphatic heterocycles. The van der Waals surface area contributed by atoms with Crippen LogP contribution in [-0.2, 0) is 28.5 Å². The molecule has 0 N–H and O–H groups in total. The largest absolute Gasteiger partial charge is 0.479 e. The number of esters is 1. The minimum atomic E-state index is -1.17. The zero-order chi connectivity index (χ0) is 21.1. The Hall–Kier alpha value is -1.92. The van der Waals surface area contributed by atoms with Gasteiger partial charge in [-0.15, -0.1) is 0 Å². The highest BCUT2D eigenvalue weighted by molar-refractivity contribution is 5.99. The number of carbonyl (C=O) groups is 2. The van der Waals surface area contributed by atoms with Crippen LogP contribution >= 0.6 is 0 Å². The molecule has 0 unspecified atom stereocenters. The highest BCUT2D eigenvalue weighted by Gasteiger charge is 2.75. The summed E-state index contributed by atoms with van der Waals surface area (Å²) in [6, 6.07) is 0. The molecule has 28 heavy (non-hydrogen) atoms. The molecule has 2 saturated heterocycles. The molecule has 6 atom stereocenters. The van der Waals surface area contributed by atoms with E-state index in [1.54, 1.807) is 27.0 Å². The zero-order valence-corrected chi connectivity index (χ0v) is 17.5. The molecule has 0 spiro atoms. The standard InChI is InChI=1S/C22H30O6/c1-9-14-18-16(11-20(6)17(23)10-15(27-20)12(2)3)28-22(25-8,13(4)5)21(18,7)19(24)26-14/h9-10,13-14,16,18H,1-2,11H2,3-8H3/t14-,16+,18+,20-,21-,22-/m1/s1. The molecule has 0 amide bonds. The van der Waals surface area contributed by atoms with Crippen LogP contribution in [0.2, 0.25) is 0 Å². The average molecular weight is 390 g/mol. The number of ether oxygens (including phenoxy) is 4. The minimum absolute atomic E-state index is 0.122. The molecule has 0 saturated carbocycles. The van der Waals surface area contributed by atoms with Crippen LogP contribution in [0.1, 0.15) is 41.0 Å². The van der Waals surface area contributed by atoms with E-state index < -0.39 is 29.0 Å². The van der Waals surface area contributed by atoms with Gasteiger partial charge in [0.1, 0.15) is 17.3 Å². The number of fused-ring (bicyclic) bond motifs is 1. The van der Waals surface area contributed by atoms with Crippen molar-refractivity contribution in [2.75, 3.05) is 7.11 Å². The Bertz CT molecular complexity index is 767. The van der Waals surface area contributed by atoms with Crippen molar-refractivity contribution in [1.29, 1.82) is 0 Å². The van der Waals surface area contributed by atoms with Crippen LogP contribution in [-0.4, -0.2) is 42.5 Å². The first kappa shape index (κ1) is 20.8. The van der Waals surface area contributed by atoms with Gasteiger partial charge < -0.3 is 18.9 Å². The van der Waals surface area contributed by atoms with E-state index in [0.717, 1.165) is 0 Å². The van der Waals surface area contributed by atoms with E-state index in [9.17, 15) is 9.59 Å². The Morgan fingerprint density at radius 2 is 2.00 bits per heavy atom. The first-order valence-electron chi connectivity index (χ1n) is 9.64. The van der Waals surface area contributed by atoms with Crippen LogP contribution in [0.15, 0.2) is 36.6 Å². The van der Waals surface area contributed by atoms with Crippen LogP contribution in [0.4, 0.5) is 0 Å². The molecule has 0 bridgehead atoms. The fourth-order valence-electron chi connectivity index (χ4n) is 5.09. The molecule has 0 aliphatic carbocycles. The molecule has 0 aromatic rings. The van der Waals surface area contributed by atoms with Crippen molar-refractivity contribution in [3.05, 3.63) is 36.6 Å². The lowest BCUT2D eigenvalue weighted by Crippen LogP contribution is -2.54. The highest BCUT2D eigenvalue weighted by atomic mass is 16.7. The maximum Gasteiger partial charge on any atom is 0.318 e. The Balaban J connectivity index is 2.01. The van der Waals surface area contributed by atoms with Gasteiger partial charge in [0, 0.05) is 31.4 Å². The van der Waals surface area contributed by atoms with Crippen LogP contribution in [0, 0.1) is 17.3 Å². The summed E-state index contributed by atoms with van der Waals surface area (Å²) in [7, 11) is 1.54. The van der Waals surface area contributed by atoms with Gasteiger partial charge in [0.25, 0.3) is 0 Å². The Kier molecular flexibility index (Phi) is 4.88. The quantitative estimate of drug-likeness (QED) is 0.512. The summed E-state index contributed by atoms with van der Waals surface area (Å²) >= 11 is 0. The van der Waals surface area contributed by atoms with E-state index in [0.29, 0.717) is 11.3 Å². The molecule has 0 aromatic heterocycles. The third kappa shape index (κ3) is 2.54. The van der Waals surface area contributed by atoms with Crippen LogP contribution < -0.4 is 0 Å².